The highest BCUT2D eigenvalue weighted by Crippen LogP contribution is 2.43. The third-order valence-electron chi connectivity index (χ3n) is 8.41. The molecule has 1 atom stereocenters. The van der Waals surface area contributed by atoms with Gasteiger partial charge in [-0.3, -0.25) is 0 Å². The summed E-state index contributed by atoms with van der Waals surface area (Å²) in [5.41, 5.74) is 10.8. The van der Waals surface area contributed by atoms with E-state index < -0.39 is 0 Å². The molecule has 0 fully saturated rings. The van der Waals surface area contributed by atoms with E-state index in [9.17, 15) is 0 Å². The molecule has 0 aromatic heterocycles. The summed E-state index contributed by atoms with van der Waals surface area (Å²) in [6.45, 7) is 42.0. The Morgan fingerprint density at radius 3 is 1.50 bits per heavy atom. The van der Waals surface area contributed by atoms with Crippen molar-refractivity contribution in [3.05, 3.63) is 75.9 Å². The molecule has 0 nitrogen and oxygen atoms in total. The standard InChI is InChI=1S/C41H66S.C2H2/c1-28(2)21-29(3)19-18-20-34-35(39(10,11)12)25-33(26-36(34)40(13,14)15)42-41(16,17)27-30-22-31(37(4,5)6)24-32(23-30)38(7,8)9;1-2/h22-26,29H,1,18-21,27H2,2-17H3;1-2H. The average molecular weight is 617 g/mol. The smallest absolute Gasteiger partial charge is 0.0191 e. The number of hydrogen-bond donors (Lipinski definition) is 0. The highest BCUT2D eigenvalue weighted by molar-refractivity contribution is 8.00. The van der Waals surface area contributed by atoms with E-state index in [4.69, 9.17) is 0 Å². The normalized spacial score (nSPS) is 13.7. The molecule has 0 N–H and O–H groups in total. The lowest BCUT2D eigenvalue weighted by atomic mass is 9.75. The van der Waals surface area contributed by atoms with E-state index in [-0.39, 0.29) is 26.4 Å². The molecule has 2 rings (SSSR count). The van der Waals surface area contributed by atoms with Crippen LogP contribution in [-0.2, 0) is 34.5 Å². The lowest BCUT2D eigenvalue weighted by Crippen LogP contribution is -2.23. The number of thioether (sulfide) groups is 1. The summed E-state index contributed by atoms with van der Waals surface area (Å²) in [4.78, 5) is 1.41. The maximum Gasteiger partial charge on any atom is 0.0191 e. The van der Waals surface area contributed by atoms with Crippen molar-refractivity contribution in [2.45, 2.75) is 174 Å². The van der Waals surface area contributed by atoms with Crippen LogP contribution in [0.3, 0.4) is 0 Å². The third-order valence-corrected chi connectivity index (χ3v) is 9.58. The van der Waals surface area contributed by atoms with Crippen LogP contribution in [0.5, 0.6) is 0 Å². The second-order valence-corrected chi connectivity index (χ2v) is 19.9. The molecule has 0 saturated carbocycles. The van der Waals surface area contributed by atoms with Gasteiger partial charge >= 0.3 is 0 Å². The molecule has 0 radical (unpaired) electrons. The molecule has 44 heavy (non-hydrogen) atoms. The molecule has 2 aromatic carbocycles. The van der Waals surface area contributed by atoms with E-state index in [2.05, 4.69) is 172 Å². The lowest BCUT2D eigenvalue weighted by molar-refractivity contribution is 0.496. The maximum absolute atomic E-state index is 4.15. The fourth-order valence-electron chi connectivity index (χ4n) is 6.14. The van der Waals surface area contributed by atoms with E-state index in [1.165, 1.54) is 51.1 Å². The van der Waals surface area contributed by atoms with Gasteiger partial charge < -0.3 is 0 Å². The number of allylic oxidation sites excluding steroid dienone is 1. The third kappa shape index (κ3) is 12.5. The minimum Gasteiger partial charge on any atom is -0.124 e. The highest BCUT2D eigenvalue weighted by atomic mass is 32.2. The van der Waals surface area contributed by atoms with Crippen LogP contribution in [0.2, 0.25) is 0 Å². The van der Waals surface area contributed by atoms with E-state index in [0.29, 0.717) is 5.92 Å². The summed E-state index contributed by atoms with van der Waals surface area (Å²) in [6.07, 6.45) is 13.8. The maximum atomic E-state index is 4.15. The molecule has 0 aliphatic carbocycles. The number of benzene rings is 2. The van der Waals surface area contributed by atoms with Crippen LogP contribution in [0.4, 0.5) is 0 Å². The zero-order chi connectivity index (χ0) is 34.5. The van der Waals surface area contributed by atoms with Gasteiger partial charge in [0.05, 0.1) is 0 Å². The Labute approximate surface area is 279 Å². The van der Waals surface area contributed by atoms with E-state index >= 15 is 0 Å². The van der Waals surface area contributed by atoms with Crippen molar-refractivity contribution in [2.24, 2.45) is 5.92 Å². The van der Waals surface area contributed by atoms with Gasteiger partial charge in [0.15, 0.2) is 0 Å². The molecule has 0 aliphatic heterocycles. The summed E-state index contributed by atoms with van der Waals surface area (Å²) in [5.74, 6) is 0.699. The van der Waals surface area contributed by atoms with Gasteiger partial charge in [0.1, 0.15) is 0 Å². The predicted octanol–water partition coefficient (Wildman–Crippen LogP) is 13.2. The van der Waals surface area contributed by atoms with Crippen LogP contribution in [0, 0.1) is 18.8 Å². The fourth-order valence-corrected chi connectivity index (χ4v) is 7.37. The van der Waals surface area contributed by atoms with Gasteiger partial charge in [0, 0.05) is 9.64 Å². The van der Waals surface area contributed by atoms with Crippen molar-refractivity contribution in [3.8, 4) is 12.8 Å². The molecule has 0 bridgehead atoms. The number of rotatable bonds is 10. The van der Waals surface area contributed by atoms with Gasteiger partial charge in [0.25, 0.3) is 0 Å². The summed E-state index contributed by atoms with van der Waals surface area (Å²) >= 11 is 2.06. The Morgan fingerprint density at radius 2 is 1.14 bits per heavy atom. The molecule has 1 heteroatoms. The SMILES string of the molecule is C#C.C=C(C)CC(C)CCCc1c(C(C)(C)C)cc(SC(C)(C)Cc2cc(C(C)(C)C)cc(C(C)(C)C)c2)cc1C(C)(C)C. The molecular weight excluding hydrogens is 549 g/mol. The molecule has 0 spiro atoms. The van der Waals surface area contributed by atoms with Crippen molar-refractivity contribution >= 4 is 11.8 Å². The van der Waals surface area contributed by atoms with Crippen LogP contribution in [-0.4, -0.2) is 4.75 Å². The quantitative estimate of drug-likeness (QED) is 0.145. The second kappa shape index (κ2) is 15.1. The zero-order valence-corrected chi connectivity index (χ0v) is 32.6. The molecule has 2 aromatic rings. The van der Waals surface area contributed by atoms with Crippen LogP contribution in [0.15, 0.2) is 47.4 Å². The van der Waals surface area contributed by atoms with Gasteiger partial charge in [-0.2, -0.15) is 0 Å². The number of terminal acetylenes is 1. The molecule has 0 amide bonds. The largest absolute Gasteiger partial charge is 0.124 e. The molecule has 0 heterocycles. The predicted molar refractivity (Wildman–Crippen MR) is 203 cm³/mol. The summed E-state index contributed by atoms with van der Waals surface area (Å²) in [6, 6.07) is 12.5. The first kappa shape index (κ1) is 40.1. The fraction of sp³-hybridized carbons (Fsp3) is 0.628. The summed E-state index contributed by atoms with van der Waals surface area (Å²) < 4.78 is 0.0649. The zero-order valence-electron chi connectivity index (χ0n) is 31.8. The molecule has 0 saturated heterocycles. The molecular formula is C43H68S. The van der Waals surface area contributed by atoms with E-state index in [1.807, 2.05) is 0 Å². The number of hydrogen-bond acceptors (Lipinski definition) is 1. The van der Waals surface area contributed by atoms with Crippen molar-refractivity contribution in [1.82, 2.24) is 0 Å². The Morgan fingerprint density at radius 1 is 0.705 bits per heavy atom. The Kier molecular flexibility index (Phi) is 13.8. The van der Waals surface area contributed by atoms with Crippen molar-refractivity contribution in [3.63, 3.8) is 0 Å². The van der Waals surface area contributed by atoms with Crippen molar-refractivity contribution in [2.75, 3.05) is 0 Å². The van der Waals surface area contributed by atoms with Crippen LogP contribution in [0.1, 0.15) is 163 Å². The second-order valence-electron chi connectivity index (χ2n) is 18.1. The van der Waals surface area contributed by atoms with E-state index in [0.717, 1.165) is 19.3 Å². The van der Waals surface area contributed by atoms with Crippen LogP contribution in [0.25, 0.3) is 0 Å². The molecule has 246 valence electrons. The first-order valence-electron chi connectivity index (χ1n) is 16.8. The van der Waals surface area contributed by atoms with E-state index in [1.54, 1.807) is 5.56 Å². The summed E-state index contributed by atoms with van der Waals surface area (Å²) in [5, 5.41) is 0. The van der Waals surface area contributed by atoms with Crippen LogP contribution >= 0.6 is 11.8 Å². The van der Waals surface area contributed by atoms with Gasteiger partial charge in [-0.25, -0.2) is 0 Å². The first-order valence-corrected chi connectivity index (χ1v) is 17.6. The van der Waals surface area contributed by atoms with Crippen molar-refractivity contribution < 1.29 is 0 Å². The minimum absolute atomic E-state index is 0.0649. The lowest BCUT2D eigenvalue weighted by Gasteiger charge is -2.33. The van der Waals surface area contributed by atoms with Gasteiger partial charge in [-0.15, -0.1) is 31.2 Å². The van der Waals surface area contributed by atoms with Gasteiger partial charge in [-0.05, 0) is 106 Å². The highest BCUT2D eigenvalue weighted by Gasteiger charge is 2.29. The topological polar surface area (TPSA) is 0 Å². The summed E-state index contributed by atoms with van der Waals surface area (Å²) in [7, 11) is 0. The van der Waals surface area contributed by atoms with Gasteiger partial charge in [-0.1, -0.05) is 134 Å². The Bertz CT molecular complexity index is 1190. The van der Waals surface area contributed by atoms with Gasteiger partial charge in [0.2, 0.25) is 0 Å². The Hall–Kier alpha value is -1.91. The molecule has 0 aliphatic rings. The molecule has 1 unspecified atom stereocenters. The minimum atomic E-state index is 0.0649. The monoisotopic (exact) mass is 617 g/mol. The first-order chi connectivity index (χ1) is 19.8. The van der Waals surface area contributed by atoms with Crippen molar-refractivity contribution in [1.29, 1.82) is 0 Å². The average Bonchev–Trinajstić information content (AvgIpc) is 2.82. The van der Waals surface area contributed by atoms with Crippen LogP contribution < -0.4 is 0 Å². The Balaban J connectivity index is 0.00000474.